The summed E-state index contributed by atoms with van der Waals surface area (Å²) in [4.78, 5) is 13.8. The van der Waals surface area contributed by atoms with Crippen LogP contribution in [0.5, 0.6) is 0 Å². The van der Waals surface area contributed by atoms with Gasteiger partial charge in [0.1, 0.15) is 6.10 Å². The molecule has 1 aliphatic rings. The zero-order chi connectivity index (χ0) is 13.1. The topological polar surface area (TPSA) is 29.5 Å². The van der Waals surface area contributed by atoms with Gasteiger partial charge < -0.3 is 4.74 Å². The molecule has 0 radical (unpaired) electrons. The minimum absolute atomic E-state index is 0.0110. The highest BCUT2D eigenvalue weighted by atomic mass is 35.5. The summed E-state index contributed by atoms with van der Waals surface area (Å²) >= 11 is 5.82. The number of rotatable bonds is 4. The van der Waals surface area contributed by atoms with Crippen molar-refractivity contribution >= 4 is 17.7 Å². The molecule has 0 unspecified atom stereocenters. The van der Waals surface area contributed by atoms with Crippen molar-refractivity contribution in [2.45, 2.75) is 38.5 Å². The summed E-state index contributed by atoms with van der Waals surface area (Å²) in [6.45, 7) is 3.95. The van der Waals surface area contributed by atoms with Crippen LogP contribution >= 0.6 is 11.6 Å². The third-order valence-corrected chi connectivity index (χ3v) is 3.72. The zero-order valence-electron chi connectivity index (χ0n) is 10.7. The molecule has 4 heteroatoms. The standard InChI is InChI=1S/C14H18ClNO2/c1-10(12-6-4-3-5-7-12)16-13(8-9-15)11(2)18-14(16)17/h3-7,10-11,13H,8-9H2,1-2H3/t10-,11+,13-/m1/s1. The Hall–Kier alpha value is -1.22. The fourth-order valence-electron chi connectivity index (χ4n) is 2.48. The van der Waals surface area contributed by atoms with E-state index in [1.165, 1.54) is 0 Å². The van der Waals surface area contributed by atoms with Crippen LogP contribution in [0, 0.1) is 0 Å². The molecular formula is C14H18ClNO2. The van der Waals surface area contributed by atoms with Gasteiger partial charge in [-0.1, -0.05) is 30.3 Å². The molecule has 0 aliphatic carbocycles. The van der Waals surface area contributed by atoms with Crippen molar-refractivity contribution < 1.29 is 9.53 Å². The van der Waals surface area contributed by atoms with Crippen molar-refractivity contribution in [1.82, 2.24) is 4.90 Å². The van der Waals surface area contributed by atoms with Crippen molar-refractivity contribution in [1.29, 1.82) is 0 Å². The zero-order valence-corrected chi connectivity index (χ0v) is 11.4. The van der Waals surface area contributed by atoms with Crippen LogP contribution < -0.4 is 0 Å². The average molecular weight is 268 g/mol. The Labute approximate surface area is 113 Å². The summed E-state index contributed by atoms with van der Waals surface area (Å²) in [5, 5.41) is 0. The van der Waals surface area contributed by atoms with Gasteiger partial charge in [-0.05, 0) is 25.8 Å². The Balaban J connectivity index is 2.22. The van der Waals surface area contributed by atoms with Gasteiger partial charge in [0.05, 0.1) is 12.1 Å². The molecule has 0 bridgehead atoms. The molecule has 2 rings (SSSR count). The average Bonchev–Trinajstić information content (AvgIpc) is 2.65. The first-order chi connectivity index (χ1) is 8.65. The molecule has 3 nitrogen and oxygen atoms in total. The van der Waals surface area contributed by atoms with Crippen molar-refractivity contribution in [2.75, 3.05) is 5.88 Å². The fraction of sp³-hybridized carbons (Fsp3) is 0.500. The summed E-state index contributed by atoms with van der Waals surface area (Å²) in [6.07, 6.45) is 0.419. The minimum Gasteiger partial charge on any atom is -0.444 e. The highest BCUT2D eigenvalue weighted by molar-refractivity contribution is 6.17. The highest BCUT2D eigenvalue weighted by Crippen LogP contribution is 2.31. The molecule has 1 saturated heterocycles. The smallest absolute Gasteiger partial charge is 0.410 e. The summed E-state index contributed by atoms with van der Waals surface area (Å²) in [6, 6.07) is 10.1. The van der Waals surface area contributed by atoms with Gasteiger partial charge in [-0.2, -0.15) is 0 Å². The molecule has 0 N–H and O–H groups in total. The van der Waals surface area contributed by atoms with Crippen LogP contribution in [0.4, 0.5) is 4.79 Å². The lowest BCUT2D eigenvalue weighted by Crippen LogP contribution is -2.38. The number of cyclic esters (lactones) is 1. The third-order valence-electron chi connectivity index (χ3n) is 3.50. The van der Waals surface area contributed by atoms with E-state index in [0.29, 0.717) is 5.88 Å². The number of hydrogen-bond acceptors (Lipinski definition) is 2. The Kier molecular flexibility index (Phi) is 4.12. The first-order valence-electron chi connectivity index (χ1n) is 6.25. The largest absolute Gasteiger partial charge is 0.444 e. The number of nitrogens with zero attached hydrogens (tertiary/aromatic N) is 1. The van der Waals surface area contributed by atoms with E-state index in [9.17, 15) is 4.79 Å². The molecular weight excluding hydrogens is 250 g/mol. The predicted octanol–water partition coefficient (Wildman–Crippen LogP) is 3.59. The van der Waals surface area contributed by atoms with Gasteiger partial charge in [0, 0.05) is 5.88 Å². The second kappa shape index (κ2) is 5.61. The predicted molar refractivity (Wildman–Crippen MR) is 71.8 cm³/mol. The number of carbonyl (C=O) groups excluding carboxylic acids is 1. The Morgan fingerprint density at radius 1 is 1.39 bits per heavy atom. The first-order valence-corrected chi connectivity index (χ1v) is 6.78. The van der Waals surface area contributed by atoms with E-state index in [-0.39, 0.29) is 24.3 Å². The molecule has 1 fully saturated rings. The minimum atomic E-state index is -0.242. The van der Waals surface area contributed by atoms with E-state index in [4.69, 9.17) is 16.3 Å². The number of ether oxygens (including phenoxy) is 1. The molecule has 1 aromatic carbocycles. The number of hydrogen-bond donors (Lipinski definition) is 0. The second-order valence-corrected chi connectivity index (χ2v) is 5.01. The van der Waals surface area contributed by atoms with Crippen LogP contribution in [0.1, 0.15) is 31.9 Å². The summed E-state index contributed by atoms with van der Waals surface area (Å²) < 4.78 is 5.31. The second-order valence-electron chi connectivity index (χ2n) is 4.63. The lowest BCUT2D eigenvalue weighted by atomic mass is 10.0. The third kappa shape index (κ3) is 2.46. The molecule has 98 valence electrons. The van der Waals surface area contributed by atoms with Crippen LogP contribution in [0.25, 0.3) is 0 Å². The lowest BCUT2D eigenvalue weighted by molar-refractivity contribution is 0.133. The van der Waals surface area contributed by atoms with Crippen LogP contribution in [-0.4, -0.2) is 29.0 Å². The maximum absolute atomic E-state index is 11.9. The number of halogens is 1. The number of benzene rings is 1. The SMILES string of the molecule is C[C@@H]1OC(=O)N([C@H](C)c2ccccc2)[C@@H]1CCCl. The molecule has 18 heavy (non-hydrogen) atoms. The van der Waals surface area contributed by atoms with Gasteiger partial charge in [-0.25, -0.2) is 4.79 Å². The number of alkyl halides is 1. The number of carbonyl (C=O) groups is 1. The summed E-state index contributed by atoms with van der Waals surface area (Å²) in [7, 11) is 0. The fourth-order valence-corrected chi connectivity index (χ4v) is 2.71. The molecule has 0 aromatic heterocycles. The van der Waals surface area contributed by atoms with Crippen molar-refractivity contribution in [3.8, 4) is 0 Å². The molecule has 1 aliphatic heterocycles. The summed E-state index contributed by atoms with van der Waals surface area (Å²) in [5.74, 6) is 0.531. The van der Waals surface area contributed by atoms with Gasteiger partial charge in [0.25, 0.3) is 0 Å². The van der Waals surface area contributed by atoms with Crippen molar-refractivity contribution in [2.24, 2.45) is 0 Å². The number of amides is 1. The van der Waals surface area contributed by atoms with E-state index in [1.54, 1.807) is 0 Å². The lowest BCUT2D eigenvalue weighted by Gasteiger charge is -2.29. The van der Waals surface area contributed by atoms with E-state index in [0.717, 1.165) is 12.0 Å². The van der Waals surface area contributed by atoms with E-state index >= 15 is 0 Å². The van der Waals surface area contributed by atoms with Gasteiger partial charge in [0.2, 0.25) is 0 Å². The van der Waals surface area contributed by atoms with Gasteiger partial charge in [-0.3, -0.25) is 4.90 Å². The molecule has 0 spiro atoms. The van der Waals surface area contributed by atoms with Crippen molar-refractivity contribution in [3.05, 3.63) is 35.9 Å². The Bertz CT molecular complexity index is 410. The quantitative estimate of drug-likeness (QED) is 0.781. The Morgan fingerprint density at radius 2 is 2.06 bits per heavy atom. The maximum Gasteiger partial charge on any atom is 0.410 e. The van der Waals surface area contributed by atoms with Gasteiger partial charge in [0.15, 0.2) is 0 Å². The molecule has 1 aromatic rings. The maximum atomic E-state index is 11.9. The highest BCUT2D eigenvalue weighted by Gasteiger charge is 2.41. The van der Waals surface area contributed by atoms with Crippen LogP contribution in [0.2, 0.25) is 0 Å². The van der Waals surface area contributed by atoms with Crippen molar-refractivity contribution in [3.63, 3.8) is 0 Å². The van der Waals surface area contributed by atoms with E-state index in [2.05, 4.69) is 0 Å². The van der Waals surface area contributed by atoms with E-state index in [1.807, 2.05) is 49.1 Å². The molecule has 1 heterocycles. The van der Waals surface area contributed by atoms with Crippen LogP contribution in [0.3, 0.4) is 0 Å². The summed E-state index contributed by atoms with van der Waals surface area (Å²) in [5.41, 5.74) is 1.11. The Morgan fingerprint density at radius 3 is 2.67 bits per heavy atom. The normalized spacial score (nSPS) is 25.1. The van der Waals surface area contributed by atoms with E-state index < -0.39 is 0 Å². The first kappa shape index (κ1) is 13.2. The van der Waals surface area contributed by atoms with Gasteiger partial charge in [-0.15, -0.1) is 11.6 Å². The van der Waals surface area contributed by atoms with Crippen LogP contribution in [-0.2, 0) is 4.74 Å². The molecule has 3 atom stereocenters. The molecule has 1 amide bonds. The molecule has 0 saturated carbocycles. The van der Waals surface area contributed by atoms with Gasteiger partial charge >= 0.3 is 6.09 Å². The van der Waals surface area contributed by atoms with Crippen LogP contribution in [0.15, 0.2) is 30.3 Å². The monoisotopic (exact) mass is 267 g/mol.